The predicted octanol–water partition coefficient (Wildman–Crippen LogP) is 2.34. The second-order valence-corrected chi connectivity index (χ2v) is 16.1. The smallest absolute Gasteiger partial charge is 0.255 e. The summed E-state index contributed by atoms with van der Waals surface area (Å²) in [4.78, 5) is 80.9. The highest BCUT2D eigenvalue weighted by molar-refractivity contribution is 6.01. The molecule has 1 aromatic heterocycles. The van der Waals surface area contributed by atoms with Gasteiger partial charge in [-0.2, -0.15) is 5.26 Å². The van der Waals surface area contributed by atoms with Crippen molar-refractivity contribution < 1.29 is 33.4 Å². The molecule has 4 bridgehead atoms. The van der Waals surface area contributed by atoms with E-state index in [1.54, 1.807) is 43.3 Å². The number of carbonyl (C=O) groups is 5. The minimum Gasteiger partial charge on any atom is -0.492 e. The van der Waals surface area contributed by atoms with Crippen molar-refractivity contribution in [1.29, 1.82) is 5.26 Å². The molecule has 350 valence electrons. The molecule has 5 amide bonds. The third-order valence-electron chi connectivity index (χ3n) is 11.5. The van der Waals surface area contributed by atoms with Gasteiger partial charge in [-0.3, -0.25) is 24.0 Å². The van der Waals surface area contributed by atoms with Crippen LogP contribution in [0.3, 0.4) is 0 Å². The quantitative estimate of drug-likeness (QED) is 0.0701. The Morgan fingerprint density at radius 2 is 1.58 bits per heavy atom. The number of aromatic nitrogens is 2. The van der Waals surface area contributed by atoms with E-state index in [1.807, 2.05) is 36.4 Å². The molecule has 4 atom stereocenters. The van der Waals surface area contributed by atoms with E-state index >= 15 is 0 Å². The van der Waals surface area contributed by atoms with Crippen LogP contribution < -0.4 is 47.9 Å². The van der Waals surface area contributed by atoms with E-state index in [-0.39, 0.29) is 57.8 Å². The number of carbonyl (C=O) groups excluding carboxylic acids is 5. The molecule has 67 heavy (non-hydrogen) atoms. The van der Waals surface area contributed by atoms with Gasteiger partial charge in [0.2, 0.25) is 23.6 Å². The number of benzene rings is 4. The van der Waals surface area contributed by atoms with Crippen LogP contribution in [0, 0.1) is 18.3 Å². The van der Waals surface area contributed by atoms with E-state index in [0.29, 0.717) is 45.3 Å². The van der Waals surface area contributed by atoms with Gasteiger partial charge in [0.25, 0.3) is 5.91 Å². The molecule has 1 aliphatic heterocycles. The number of aryl methyl sites for hydroxylation is 2. The van der Waals surface area contributed by atoms with Crippen molar-refractivity contribution in [2.24, 2.45) is 17.2 Å². The monoisotopic (exact) mass is 911 g/mol. The van der Waals surface area contributed by atoms with Gasteiger partial charge in [-0.15, -0.1) is 0 Å². The van der Waals surface area contributed by atoms with E-state index in [9.17, 15) is 29.2 Å². The number of nitrogens with two attached hydrogens (primary N) is 3. The van der Waals surface area contributed by atoms with Crippen molar-refractivity contribution >= 4 is 40.3 Å². The number of hydrogen-bond donors (Lipinski definition) is 7. The summed E-state index contributed by atoms with van der Waals surface area (Å²) < 4.78 is 12.2. The van der Waals surface area contributed by atoms with Gasteiger partial charge in [0.1, 0.15) is 55.4 Å². The van der Waals surface area contributed by atoms with Gasteiger partial charge >= 0.3 is 0 Å². The predicted molar refractivity (Wildman–Crippen MR) is 252 cm³/mol. The molecule has 18 nitrogen and oxygen atoms in total. The number of ether oxygens (including phenoxy) is 2. The molecule has 0 spiro atoms. The lowest BCUT2D eigenvalue weighted by Crippen LogP contribution is -2.56. The molecular formula is C49H57N11O7. The van der Waals surface area contributed by atoms with Gasteiger partial charge in [0, 0.05) is 49.4 Å². The molecule has 0 radical (unpaired) electrons. The lowest BCUT2D eigenvalue weighted by atomic mass is 9.93. The van der Waals surface area contributed by atoms with Gasteiger partial charge in [-0.05, 0) is 85.0 Å². The summed E-state index contributed by atoms with van der Waals surface area (Å²) in [6.07, 6.45) is 2.27. The average molecular weight is 912 g/mol. The van der Waals surface area contributed by atoms with Crippen molar-refractivity contribution in [3.05, 3.63) is 107 Å². The fourth-order valence-corrected chi connectivity index (χ4v) is 8.05. The summed E-state index contributed by atoms with van der Waals surface area (Å²) in [6, 6.07) is 19.0. The molecule has 0 saturated carbocycles. The number of nitrogens with zero attached hydrogens (tertiary/aromatic N) is 4. The van der Waals surface area contributed by atoms with E-state index in [2.05, 4.69) is 39.2 Å². The van der Waals surface area contributed by atoms with Crippen molar-refractivity contribution in [3.8, 4) is 40.1 Å². The zero-order chi connectivity index (χ0) is 48.2. The summed E-state index contributed by atoms with van der Waals surface area (Å²) in [5, 5.41) is 22.0. The second-order valence-electron chi connectivity index (χ2n) is 16.1. The molecule has 5 aromatic rings. The van der Waals surface area contributed by atoms with Gasteiger partial charge in [0.15, 0.2) is 5.82 Å². The Balaban J connectivity index is 1.39. The molecule has 0 aliphatic carbocycles. The van der Waals surface area contributed by atoms with Crippen LogP contribution in [0.1, 0.15) is 59.1 Å². The van der Waals surface area contributed by atoms with Gasteiger partial charge in [-0.1, -0.05) is 55.5 Å². The Kier molecular flexibility index (Phi) is 16.5. The van der Waals surface area contributed by atoms with Crippen LogP contribution in [0.15, 0.2) is 79.0 Å². The van der Waals surface area contributed by atoms with Crippen LogP contribution in [0.4, 0.5) is 0 Å². The topological polar surface area (TPSA) is 283 Å². The number of hydrogen-bond acceptors (Lipinski definition) is 13. The Hall–Kier alpha value is -7.46. The van der Waals surface area contributed by atoms with Crippen LogP contribution in [0.25, 0.3) is 33.3 Å². The highest BCUT2D eigenvalue weighted by atomic mass is 16.5. The highest BCUT2D eigenvalue weighted by Gasteiger charge is 2.36. The first kappa shape index (κ1) is 49.0. The zero-order valence-electron chi connectivity index (χ0n) is 38.1. The molecule has 1 aliphatic rings. The van der Waals surface area contributed by atoms with Gasteiger partial charge in [-0.25, -0.2) is 9.97 Å². The molecular weight excluding hydrogens is 855 g/mol. The molecule has 18 heteroatoms. The number of nitriles is 1. The maximum atomic E-state index is 14.7. The zero-order valence-corrected chi connectivity index (χ0v) is 38.1. The maximum Gasteiger partial charge on any atom is 0.255 e. The number of amides is 5. The lowest BCUT2D eigenvalue weighted by Gasteiger charge is -2.32. The van der Waals surface area contributed by atoms with E-state index in [0.717, 1.165) is 22.8 Å². The molecule has 10 N–H and O–H groups in total. The van der Waals surface area contributed by atoms with Crippen LogP contribution >= 0.6 is 0 Å². The summed E-state index contributed by atoms with van der Waals surface area (Å²) in [5.41, 5.74) is 22.1. The Morgan fingerprint density at radius 1 is 0.896 bits per heavy atom. The molecule has 2 heterocycles. The summed E-state index contributed by atoms with van der Waals surface area (Å²) in [5.74, 6) is -2.17. The highest BCUT2D eigenvalue weighted by Crippen LogP contribution is 2.40. The third-order valence-corrected chi connectivity index (χ3v) is 11.5. The Bertz CT molecular complexity index is 2690. The number of nitrogens with one attached hydrogen (secondary N) is 4. The van der Waals surface area contributed by atoms with E-state index < -0.39 is 53.7 Å². The molecule has 4 aromatic carbocycles. The van der Waals surface area contributed by atoms with Crippen molar-refractivity contribution in [2.45, 2.75) is 64.2 Å². The standard InChI is InChI=1S/C49H57N11O7/c1-5-31-11-13-35(34-9-7-6-8-33(31)34)44-55-27-38(28(2)56-44)46(62)58-39(16-17-50)49(65)60(4)43-32-12-15-42(67-23-20-53)37(26-32)36-24-30(10-14-41(36)66-22-19-52)25-40(47(63)54-21-18-51)59-45(61)29(3)57-48(43)64/h6-15,24,26-27,29,39-40,43H,5,16-17,19-23,25,50,52-53H2,1-4H3,(H,54,63)(H,57,64)(H,58,62)(H,59,61)/t29-,39-,40-,43-/m0/s1. The summed E-state index contributed by atoms with van der Waals surface area (Å²) in [7, 11) is 1.41. The van der Waals surface area contributed by atoms with Crippen molar-refractivity contribution in [1.82, 2.24) is 36.1 Å². The largest absolute Gasteiger partial charge is 0.492 e. The minimum absolute atomic E-state index is 0.000444. The second kappa shape index (κ2) is 22.6. The fourth-order valence-electron chi connectivity index (χ4n) is 8.05. The molecule has 0 fully saturated rings. The Morgan fingerprint density at radius 3 is 2.24 bits per heavy atom. The first-order valence-corrected chi connectivity index (χ1v) is 22.1. The van der Waals surface area contributed by atoms with Gasteiger partial charge < -0.3 is 52.8 Å². The summed E-state index contributed by atoms with van der Waals surface area (Å²) in [6.45, 7) is 5.58. The first-order valence-electron chi connectivity index (χ1n) is 22.1. The van der Waals surface area contributed by atoms with Crippen LogP contribution in [-0.4, -0.2) is 109 Å². The van der Waals surface area contributed by atoms with Crippen LogP contribution in [0.2, 0.25) is 0 Å². The minimum atomic E-state index is -1.41. The molecule has 0 unspecified atom stereocenters. The maximum absolute atomic E-state index is 14.7. The SMILES string of the molecule is CCc1ccc(-c2ncc(C(=O)N[C@@H](CCN)C(=O)N(C)[C@@H]3C(=O)N[C@@H](C)C(=O)N[C@H](C(=O)NCC#N)Cc4ccc(OCCN)c(c4)-c4cc3ccc4OCCN)c(C)n2)c2ccccc12. The number of fused-ring (bicyclic) bond motifs is 6. The normalized spacial score (nSPS) is 16.4. The van der Waals surface area contributed by atoms with Crippen molar-refractivity contribution in [3.63, 3.8) is 0 Å². The lowest BCUT2D eigenvalue weighted by molar-refractivity contribution is -0.141. The third kappa shape index (κ3) is 11.3. The first-order chi connectivity index (χ1) is 32.3. The molecule has 6 rings (SSSR count). The van der Waals surface area contributed by atoms with Crippen LogP contribution in [0.5, 0.6) is 11.5 Å². The van der Waals surface area contributed by atoms with E-state index in [1.165, 1.54) is 30.6 Å². The number of likely N-dealkylation sites (N-methyl/N-ethyl adjacent to an activating group) is 1. The van der Waals surface area contributed by atoms with Gasteiger partial charge in [0.05, 0.1) is 17.3 Å². The number of rotatable bonds is 16. The van der Waals surface area contributed by atoms with Crippen LogP contribution in [-0.2, 0) is 32.0 Å². The Labute approximate surface area is 389 Å². The molecule has 0 saturated heterocycles. The van der Waals surface area contributed by atoms with E-state index in [4.69, 9.17) is 31.7 Å². The van der Waals surface area contributed by atoms with Crippen molar-refractivity contribution in [2.75, 3.05) is 46.4 Å². The average Bonchev–Trinajstić information content (AvgIpc) is 3.33. The summed E-state index contributed by atoms with van der Waals surface area (Å²) >= 11 is 0. The fraction of sp³-hybridized carbons (Fsp3) is 0.347.